The van der Waals surface area contributed by atoms with Crippen molar-refractivity contribution in [2.75, 3.05) is 7.11 Å². The Labute approximate surface area is 114 Å². The van der Waals surface area contributed by atoms with E-state index in [4.69, 9.17) is 4.18 Å². The number of halogens is 1. The number of ether oxygens (including phenoxy) is 1. The molecule has 1 aromatic carbocycles. The average molecular weight is 337 g/mol. The standard InChI is InChI=1S/C11H13BrO5S/c1-8(7-11(13)16-2)17-18(14,15)10-5-3-9(12)4-6-10/h3-6,8H,7H2,1-2H3/t8-/m1/s1. The van der Waals surface area contributed by atoms with Gasteiger partial charge in [-0.15, -0.1) is 0 Å². The minimum absolute atomic E-state index is 0.0439. The number of rotatable bonds is 5. The van der Waals surface area contributed by atoms with Crippen molar-refractivity contribution in [3.05, 3.63) is 28.7 Å². The van der Waals surface area contributed by atoms with Gasteiger partial charge in [-0.3, -0.25) is 8.98 Å². The molecule has 0 aliphatic carbocycles. The van der Waals surface area contributed by atoms with Crippen molar-refractivity contribution in [1.29, 1.82) is 0 Å². The van der Waals surface area contributed by atoms with Gasteiger partial charge in [0, 0.05) is 4.47 Å². The molecule has 0 N–H and O–H groups in total. The van der Waals surface area contributed by atoms with Crippen molar-refractivity contribution in [2.45, 2.75) is 24.3 Å². The van der Waals surface area contributed by atoms with Crippen LogP contribution in [0, 0.1) is 0 Å². The average Bonchev–Trinajstić information content (AvgIpc) is 2.28. The number of hydrogen-bond donors (Lipinski definition) is 0. The van der Waals surface area contributed by atoms with Crippen molar-refractivity contribution in [3.63, 3.8) is 0 Å². The highest BCUT2D eigenvalue weighted by atomic mass is 79.9. The van der Waals surface area contributed by atoms with Gasteiger partial charge in [0.05, 0.1) is 24.5 Å². The minimum Gasteiger partial charge on any atom is -0.469 e. The summed E-state index contributed by atoms with van der Waals surface area (Å²) in [7, 11) is -2.62. The van der Waals surface area contributed by atoms with Gasteiger partial charge < -0.3 is 4.74 Å². The first kappa shape index (κ1) is 15.1. The molecule has 0 aromatic heterocycles. The molecule has 1 atom stereocenters. The molecule has 5 nitrogen and oxygen atoms in total. The van der Waals surface area contributed by atoms with Gasteiger partial charge in [0.2, 0.25) is 0 Å². The Morgan fingerprint density at radius 2 is 1.89 bits per heavy atom. The van der Waals surface area contributed by atoms with Gasteiger partial charge in [-0.25, -0.2) is 0 Å². The van der Waals surface area contributed by atoms with Crippen molar-refractivity contribution >= 4 is 32.0 Å². The van der Waals surface area contributed by atoms with E-state index < -0.39 is 22.2 Å². The second kappa shape index (κ2) is 6.31. The van der Waals surface area contributed by atoms with E-state index in [2.05, 4.69) is 20.7 Å². The zero-order valence-electron chi connectivity index (χ0n) is 9.92. The van der Waals surface area contributed by atoms with E-state index in [9.17, 15) is 13.2 Å². The molecule has 0 saturated carbocycles. The Balaban J connectivity index is 2.76. The predicted molar refractivity (Wildman–Crippen MR) is 68.5 cm³/mol. The Morgan fingerprint density at radius 1 is 1.33 bits per heavy atom. The maximum Gasteiger partial charge on any atom is 0.308 e. The summed E-state index contributed by atoms with van der Waals surface area (Å²) in [6.07, 6.45) is -0.891. The topological polar surface area (TPSA) is 69.7 Å². The smallest absolute Gasteiger partial charge is 0.308 e. The van der Waals surface area contributed by atoms with Crippen LogP contribution in [0.3, 0.4) is 0 Å². The third kappa shape index (κ3) is 4.40. The van der Waals surface area contributed by atoms with Crippen LogP contribution < -0.4 is 0 Å². The highest BCUT2D eigenvalue weighted by Crippen LogP contribution is 2.18. The Kier molecular flexibility index (Phi) is 5.30. The molecule has 18 heavy (non-hydrogen) atoms. The van der Waals surface area contributed by atoms with Crippen molar-refractivity contribution in [2.24, 2.45) is 0 Å². The lowest BCUT2D eigenvalue weighted by Crippen LogP contribution is -2.19. The molecule has 0 heterocycles. The van der Waals surface area contributed by atoms with E-state index in [1.807, 2.05) is 0 Å². The number of hydrogen-bond acceptors (Lipinski definition) is 5. The van der Waals surface area contributed by atoms with Crippen LogP contribution in [0.15, 0.2) is 33.6 Å². The van der Waals surface area contributed by atoms with Crippen LogP contribution in [-0.4, -0.2) is 27.6 Å². The molecule has 0 fully saturated rings. The highest BCUT2D eigenvalue weighted by Gasteiger charge is 2.21. The number of carbonyl (C=O) groups excluding carboxylic acids is 1. The molecule has 0 spiro atoms. The maximum atomic E-state index is 11.8. The van der Waals surface area contributed by atoms with E-state index in [0.29, 0.717) is 0 Å². The number of benzene rings is 1. The molecular weight excluding hydrogens is 324 g/mol. The summed E-state index contributed by atoms with van der Waals surface area (Å²) in [4.78, 5) is 11.0. The van der Waals surface area contributed by atoms with Crippen LogP contribution in [-0.2, 0) is 23.8 Å². The van der Waals surface area contributed by atoms with E-state index in [1.54, 1.807) is 12.1 Å². The summed E-state index contributed by atoms with van der Waals surface area (Å²) < 4.78 is 33.8. The summed E-state index contributed by atoms with van der Waals surface area (Å²) in [6.45, 7) is 1.49. The molecule has 0 aliphatic heterocycles. The predicted octanol–water partition coefficient (Wildman–Crippen LogP) is 2.11. The molecule has 0 saturated heterocycles. The summed E-state index contributed by atoms with van der Waals surface area (Å²) in [5.41, 5.74) is 0. The van der Waals surface area contributed by atoms with Crippen molar-refractivity contribution in [1.82, 2.24) is 0 Å². The third-order valence-electron chi connectivity index (χ3n) is 2.08. The van der Waals surface area contributed by atoms with Gasteiger partial charge in [-0.2, -0.15) is 8.42 Å². The number of carbonyl (C=O) groups is 1. The summed E-state index contributed by atoms with van der Waals surface area (Å²) >= 11 is 3.21. The molecule has 1 rings (SSSR count). The molecule has 0 bridgehead atoms. The molecule has 100 valence electrons. The molecule has 0 unspecified atom stereocenters. The number of methoxy groups -OCH3 is 1. The zero-order valence-corrected chi connectivity index (χ0v) is 12.3. The first-order chi connectivity index (χ1) is 8.35. The second-order valence-electron chi connectivity index (χ2n) is 3.60. The lowest BCUT2D eigenvalue weighted by molar-refractivity contribution is -0.142. The fraction of sp³-hybridized carbons (Fsp3) is 0.364. The van der Waals surface area contributed by atoms with Gasteiger partial charge in [0.1, 0.15) is 0 Å². The normalized spacial score (nSPS) is 13.1. The molecule has 0 aliphatic rings. The minimum atomic E-state index is -3.86. The third-order valence-corrected chi connectivity index (χ3v) is 4.04. The lowest BCUT2D eigenvalue weighted by Gasteiger charge is -2.11. The van der Waals surface area contributed by atoms with Crippen LogP contribution >= 0.6 is 15.9 Å². The van der Waals surface area contributed by atoms with Crippen LogP contribution in [0.1, 0.15) is 13.3 Å². The first-order valence-electron chi connectivity index (χ1n) is 5.11. The van der Waals surface area contributed by atoms with E-state index in [1.165, 1.54) is 26.2 Å². The van der Waals surface area contributed by atoms with Crippen LogP contribution in [0.4, 0.5) is 0 Å². The van der Waals surface area contributed by atoms with Crippen LogP contribution in [0.5, 0.6) is 0 Å². The molecule has 0 amide bonds. The highest BCUT2D eigenvalue weighted by molar-refractivity contribution is 9.10. The van der Waals surface area contributed by atoms with Gasteiger partial charge in [-0.05, 0) is 31.2 Å². The number of esters is 1. The van der Waals surface area contributed by atoms with Crippen LogP contribution in [0.25, 0.3) is 0 Å². The maximum absolute atomic E-state index is 11.8. The van der Waals surface area contributed by atoms with Crippen molar-refractivity contribution < 1.29 is 22.1 Å². The van der Waals surface area contributed by atoms with Gasteiger partial charge in [-0.1, -0.05) is 15.9 Å². The summed E-state index contributed by atoms with van der Waals surface area (Å²) in [6, 6.07) is 6.04. The Hall–Kier alpha value is -0.920. The Morgan fingerprint density at radius 3 is 2.39 bits per heavy atom. The SMILES string of the molecule is COC(=O)C[C@@H](C)OS(=O)(=O)c1ccc(Br)cc1. The van der Waals surface area contributed by atoms with E-state index >= 15 is 0 Å². The van der Waals surface area contributed by atoms with Gasteiger partial charge in [0.15, 0.2) is 0 Å². The van der Waals surface area contributed by atoms with Gasteiger partial charge in [0.25, 0.3) is 10.1 Å². The quantitative estimate of drug-likeness (QED) is 0.608. The second-order valence-corrected chi connectivity index (χ2v) is 6.08. The molecule has 7 heteroatoms. The van der Waals surface area contributed by atoms with Gasteiger partial charge >= 0.3 is 5.97 Å². The fourth-order valence-electron chi connectivity index (χ4n) is 1.23. The summed E-state index contributed by atoms with van der Waals surface area (Å²) in [5.74, 6) is -0.520. The van der Waals surface area contributed by atoms with Crippen molar-refractivity contribution in [3.8, 4) is 0 Å². The lowest BCUT2D eigenvalue weighted by atomic mass is 10.3. The Bertz CT molecular complexity index is 509. The largest absolute Gasteiger partial charge is 0.469 e. The van der Waals surface area contributed by atoms with Crippen LogP contribution in [0.2, 0.25) is 0 Å². The molecule has 0 radical (unpaired) electrons. The molecular formula is C11H13BrO5S. The van der Waals surface area contributed by atoms with E-state index in [-0.39, 0.29) is 11.3 Å². The monoisotopic (exact) mass is 336 g/mol. The fourth-order valence-corrected chi connectivity index (χ4v) is 2.57. The zero-order chi connectivity index (χ0) is 13.8. The van der Waals surface area contributed by atoms with E-state index in [0.717, 1.165) is 4.47 Å². The molecule has 1 aromatic rings. The first-order valence-corrected chi connectivity index (χ1v) is 7.31. The summed E-state index contributed by atoms with van der Waals surface area (Å²) in [5, 5.41) is 0.